The summed E-state index contributed by atoms with van der Waals surface area (Å²) in [5.41, 5.74) is 5.76. The summed E-state index contributed by atoms with van der Waals surface area (Å²) in [6, 6.07) is -0.980. The summed E-state index contributed by atoms with van der Waals surface area (Å²) in [5.74, 6) is -0.0663. The molecule has 3 aliphatic heterocycles. The number of aromatic nitrogens is 3. The number of carboxylic acids is 1. The number of anilines is 1. The Morgan fingerprint density at radius 3 is 2.85 bits per heavy atom. The number of amides is 2. The van der Waals surface area contributed by atoms with Crippen LogP contribution in [0.1, 0.15) is 18.5 Å². The van der Waals surface area contributed by atoms with Gasteiger partial charge in [-0.2, -0.15) is 4.37 Å². The second-order valence-corrected chi connectivity index (χ2v) is 13.5. The van der Waals surface area contributed by atoms with E-state index in [1.807, 2.05) is 0 Å². The minimum absolute atomic E-state index is 0.0711. The van der Waals surface area contributed by atoms with Crippen molar-refractivity contribution in [2.45, 2.75) is 33.8 Å². The fourth-order valence-electron chi connectivity index (χ4n) is 4.10. The number of nitrogens with zero attached hydrogens (tertiary/aromatic N) is 6. The van der Waals surface area contributed by atoms with E-state index in [1.54, 1.807) is 0 Å². The van der Waals surface area contributed by atoms with Gasteiger partial charge in [0.05, 0.1) is 5.84 Å². The molecule has 0 aromatic carbocycles. The van der Waals surface area contributed by atoms with Crippen molar-refractivity contribution in [3.63, 3.8) is 0 Å². The average molecular weight is 642 g/mol. The van der Waals surface area contributed by atoms with E-state index >= 15 is 0 Å². The number of carbonyl (C=O) groups is 3. The number of β-lactam (4-membered cyclic amide) rings is 1. The highest BCUT2D eigenvalue weighted by molar-refractivity contribution is 8.02. The van der Waals surface area contributed by atoms with Gasteiger partial charge in [-0.1, -0.05) is 28.7 Å². The van der Waals surface area contributed by atoms with Crippen LogP contribution in [-0.4, -0.2) is 101 Å². The fourth-order valence-corrected chi connectivity index (χ4v) is 8.61. The highest BCUT2D eigenvalue weighted by Gasteiger charge is 2.54. The Labute approximate surface area is 248 Å². The van der Waals surface area contributed by atoms with Crippen LogP contribution in [0.25, 0.3) is 0 Å². The van der Waals surface area contributed by atoms with Gasteiger partial charge in [-0.15, -0.1) is 23.1 Å². The van der Waals surface area contributed by atoms with Crippen molar-refractivity contribution in [2.75, 3.05) is 36.1 Å². The number of hydrogen-bond donors (Lipinski definition) is 5. The molecule has 40 heavy (non-hydrogen) atoms. The van der Waals surface area contributed by atoms with E-state index in [4.69, 9.17) is 5.73 Å². The molecule has 6 N–H and O–H groups in total. The number of nitrogens with one attached hydrogen (secondary N) is 2. The summed E-state index contributed by atoms with van der Waals surface area (Å²) in [6.45, 7) is 1.66. The van der Waals surface area contributed by atoms with Gasteiger partial charge in [0.15, 0.2) is 15.2 Å². The number of carbonyl (C=O) groups excluding carboxylic acids is 2. The van der Waals surface area contributed by atoms with Gasteiger partial charge in [-0.3, -0.25) is 19.5 Å². The van der Waals surface area contributed by atoms with Gasteiger partial charge in [0, 0.05) is 42.1 Å². The van der Waals surface area contributed by atoms with Gasteiger partial charge < -0.3 is 26.7 Å². The minimum atomic E-state index is -1.22. The lowest BCUT2D eigenvalue weighted by molar-refractivity contribution is -0.150. The molecule has 0 saturated carbocycles. The third-order valence-corrected chi connectivity index (χ3v) is 10.8. The summed E-state index contributed by atoms with van der Waals surface area (Å²) in [6.07, 6.45) is 2.09. The number of nitrogens with two attached hydrogens (primary N) is 1. The van der Waals surface area contributed by atoms with E-state index in [9.17, 15) is 24.7 Å². The standard InChI is InChI=1S/C21H23N9O5S5/c22-19-25-10(8-38-19)12(28-35)15(31)26-13-16(32)30-14(18(33)34)9(6-37-17(13)30)7-39-21-27-20(29-40-21)36-5-4-24-11-2-1-3-23-11/h8,13,17,35H,1-7H2,(H2,22,25)(H,23,24)(H,26,31)(H,33,34)/b28-12-/t13?,17-/m1/s1. The van der Waals surface area contributed by atoms with Crippen LogP contribution < -0.4 is 16.4 Å². The lowest BCUT2D eigenvalue weighted by Gasteiger charge is -2.49. The van der Waals surface area contributed by atoms with Gasteiger partial charge in [0.2, 0.25) is 5.16 Å². The molecule has 2 amide bonds. The molecular weight excluding hydrogens is 619 g/mol. The van der Waals surface area contributed by atoms with Gasteiger partial charge in [-0.25, -0.2) is 14.8 Å². The van der Waals surface area contributed by atoms with E-state index in [-0.39, 0.29) is 22.2 Å². The van der Waals surface area contributed by atoms with Crippen molar-refractivity contribution in [2.24, 2.45) is 10.1 Å². The van der Waals surface area contributed by atoms with Crippen LogP contribution in [0, 0.1) is 0 Å². The Bertz CT molecular complexity index is 1410. The highest BCUT2D eigenvalue weighted by Crippen LogP contribution is 2.42. The molecule has 0 aliphatic carbocycles. The van der Waals surface area contributed by atoms with Crippen molar-refractivity contribution in [1.82, 2.24) is 29.9 Å². The molecule has 0 radical (unpaired) electrons. The molecule has 2 atom stereocenters. The number of amidine groups is 1. The molecule has 5 heterocycles. The zero-order valence-corrected chi connectivity index (χ0v) is 24.7. The second kappa shape index (κ2) is 12.8. The minimum Gasteiger partial charge on any atom is -0.477 e. The van der Waals surface area contributed by atoms with Crippen molar-refractivity contribution in [3.8, 4) is 0 Å². The summed E-state index contributed by atoms with van der Waals surface area (Å²) in [7, 11) is 0. The summed E-state index contributed by atoms with van der Waals surface area (Å²) < 4.78 is 5.08. The van der Waals surface area contributed by atoms with Gasteiger partial charge in [0.25, 0.3) is 11.8 Å². The Hall–Kier alpha value is -2.87. The van der Waals surface area contributed by atoms with Crippen molar-refractivity contribution in [1.29, 1.82) is 0 Å². The Balaban J connectivity index is 1.16. The molecule has 1 fully saturated rings. The Kier molecular flexibility index (Phi) is 9.13. The fraction of sp³-hybridized carbons (Fsp3) is 0.429. The summed E-state index contributed by atoms with van der Waals surface area (Å²) in [4.78, 5) is 51.8. The SMILES string of the molecule is Nc1nc(/C(=N/O)C(=O)NC2C(=O)N3C(C(=O)O)=C(CSc4nc(SCCNC5=NCCC5)ns4)CS[C@H]23)cs1. The smallest absolute Gasteiger partial charge is 0.352 e. The zero-order valence-electron chi connectivity index (χ0n) is 20.6. The van der Waals surface area contributed by atoms with Crippen molar-refractivity contribution >= 4 is 92.6 Å². The van der Waals surface area contributed by atoms with Gasteiger partial charge >= 0.3 is 5.97 Å². The number of carboxylic acid groups (broad SMARTS) is 1. The number of fused-ring (bicyclic) bond motifs is 1. The number of oxime groups is 1. The van der Waals surface area contributed by atoms with E-state index in [2.05, 4.69) is 35.1 Å². The lowest BCUT2D eigenvalue weighted by atomic mass is 10.0. The molecule has 5 rings (SSSR count). The molecule has 1 unspecified atom stereocenters. The molecule has 212 valence electrons. The van der Waals surface area contributed by atoms with Crippen LogP contribution in [-0.2, 0) is 14.4 Å². The van der Waals surface area contributed by atoms with E-state index in [1.165, 1.54) is 57.1 Å². The third-order valence-electron chi connectivity index (χ3n) is 5.91. The van der Waals surface area contributed by atoms with Gasteiger partial charge in [-0.05, 0) is 23.5 Å². The largest absolute Gasteiger partial charge is 0.477 e. The van der Waals surface area contributed by atoms with E-state index < -0.39 is 29.2 Å². The third kappa shape index (κ3) is 6.22. The van der Waals surface area contributed by atoms with Crippen LogP contribution in [0.5, 0.6) is 0 Å². The molecule has 0 spiro atoms. The Morgan fingerprint density at radius 2 is 2.15 bits per heavy atom. The predicted octanol–water partition coefficient (Wildman–Crippen LogP) is 1.16. The van der Waals surface area contributed by atoms with Crippen LogP contribution in [0.3, 0.4) is 0 Å². The quantitative estimate of drug-likeness (QED) is 0.0583. The summed E-state index contributed by atoms with van der Waals surface area (Å²) in [5, 5.41) is 29.8. The van der Waals surface area contributed by atoms with Crippen LogP contribution in [0.2, 0.25) is 0 Å². The monoisotopic (exact) mass is 641 g/mol. The topological polar surface area (TPSA) is 208 Å². The number of nitrogen functional groups attached to an aromatic ring is 1. The van der Waals surface area contributed by atoms with Crippen molar-refractivity contribution in [3.05, 3.63) is 22.3 Å². The first-order chi connectivity index (χ1) is 19.4. The Morgan fingerprint density at radius 1 is 1.30 bits per heavy atom. The maximum atomic E-state index is 13.0. The predicted molar refractivity (Wildman–Crippen MR) is 155 cm³/mol. The van der Waals surface area contributed by atoms with Crippen LogP contribution in [0.4, 0.5) is 5.13 Å². The first kappa shape index (κ1) is 28.7. The number of rotatable bonds is 11. The first-order valence-corrected chi connectivity index (χ1v) is 16.5. The van der Waals surface area contributed by atoms with E-state index in [0.717, 1.165) is 48.9 Å². The highest BCUT2D eigenvalue weighted by atomic mass is 32.2. The second-order valence-electron chi connectivity index (χ2n) is 8.48. The number of aliphatic imine (C=N–C) groups is 1. The number of aliphatic carboxylic acids is 1. The number of thiazole rings is 1. The molecule has 14 nitrogen and oxygen atoms in total. The van der Waals surface area contributed by atoms with Crippen LogP contribution in [0.15, 0.2) is 36.3 Å². The lowest BCUT2D eigenvalue weighted by Crippen LogP contribution is -2.71. The van der Waals surface area contributed by atoms with Crippen molar-refractivity contribution < 1.29 is 24.7 Å². The number of hydrogen-bond acceptors (Lipinski definition) is 16. The van der Waals surface area contributed by atoms with Crippen LogP contribution >= 0.6 is 58.2 Å². The van der Waals surface area contributed by atoms with Gasteiger partial charge in [0.1, 0.15) is 22.8 Å². The molecular formula is C21H23N9O5S5. The molecule has 2 aromatic heterocycles. The molecule has 2 aromatic rings. The maximum Gasteiger partial charge on any atom is 0.352 e. The molecule has 1 saturated heterocycles. The first-order valence-electron chi connectivity index (χ1n) is 11.9. The molecule has 0 bridgehead atoms. The zero-order chi connectivity index (χ0) is 28.2. The normalized spacial score (nSPS) is 20.7. The average Bonchev–Trinajstić information content (AvgIpc) is 3.71. The maximum absolute atomic E-state index is 13.0. The molecule has 3 aliphatic rings. The van der Waals surface area contributed by atoms with E-state index in [0.29, 0.717) is 26.6 Å². The molecule has 19 heteroatoms. The number of thioether (sulfide) groups is 3. The summed E-state index contributed by atoms with van der Waals surface area (Å²) >= 11 is 6.57.